The van der Waals surface area contributed by atoms with Crippen LogP contribution in [0.25, 0.3) is 0 Å². The zero-order valence-electron chi connectivity index (χ0n) is 10.6. The number of aromatic nitrogens is 2. The highest BCUT2D eigenvalue weighted by Crippen LogP contribution is 2.16. The third-order valence-corrected chi connectivity index (χ3v) is 2.69. The van der Waals surface area contributed by atoms with E-state index in [0.717, 1.165) is 0 Å². The number of carbonyl (C=O) groups is 2. The molecule has 0 saturated heterocycles. The first-order valence-corrected chi connectivity index (χ1v) is 6.04. The molecule has 2 aromatic rings. The summed E-state index contributed by atoms with van der Waals surface area (Å²) in [6.45, 7) is 0.0977. The van der Waals surface area contributed by atoms with Crippen molar-refractivity contribution in [3.63, 3.8) is 0 Å². The van der Waals surface area contributed by atoms with Gasteiger partial charge in [-0.25, -0.2) is 0 Å². The molecule has 6 nitrogen and oxygen atoms in total. The highest BCUT2D eigenvalue weighted by Gasteiger charge is 2.18. The number of para-hydroxylation sites is 1. The van der Waals surface area contributed by atoms with Crippen LogP contribution in [0.4, 0.5) is 5.69 Å². The molecule has 1 N–H and O–H groups in total. The number of anilines is 1. The number of amides is 1. The molecule has 1 amide bonds. The minimum atomic E-state index is -0.952. The maximum absolute atomic E-state index is 12.4. The lowest BCUT2D eigenvalue weighted by Gasteiger charge is -2.22. The van der Waals surface area contributed by atoms with Gasteiger partial charge in [-0.3, -0.25) is 9.59 Å². The summed E-state index contributed by atoms with van der Waals surface area (Å²) in [4.78, 5) is 24.6. The molecule has 0 radical (unpaired) electrons. The normalized spacial score (nSPS) is 10.0. The fraction of sp³-hybridized carbons (Fsp3) is 0.143. The van der Waals surface area contributed by atoms with Gasteiger partial charge in [0.25, 0.3) is 5.91 Å². The number of nitrogens with zero attached hydrogens (tertiary/aromatic N) is 3. The van der Waals surface area contributed by atoms with Gasteiger partial charge < -0.3 is 10.0 Å². The molecule has 0 unspecified atom stereocenters. The van der Waals surface area contributed by atoms with E-state index in [4.69, 9.17) is 5.11 Å². The van der Waals surface area contributed by atoms with Crippen LogP contribution < -0.4 is 4.90 Å². The van der Waals surface area contributed by atoms with Crippen molar-refractivity contribution in [2.45, 2.75) is 6.42 Å². The number of carboxylic acids is 1. The van der Waals surface area contributed by atoms with E-state index in [0.29, 0.717) is 11.3 Å². The highest BCUT2D eigenvalue weighted by atomic mass is 16.4. The molecule has 0 aliphatic carbocycles. The summed E-state index contributed by atoms with van der Waals surface area (Å²) in [5.41, 5.74) is 1.02. The molecule has 1 heterocycles. The van der Waals surface area contributed by atoms with Crippen molar-refractivity contribution in [2.24, 2.45) is 0 Å². The van der Waals surface area contributed by atoms with Gasteiger partial charge in [-0.1, -0.05) is 18.2 Å². The van der Waals surface area contributed by atoms with Crippen LogP contribution in [-0.2, 0) is 4.79 Å². The van der Waals surface area contributed by atoms with Gasteiger partial charge in [-0.2, -0.15) is 10.2 Å². The van der Waals surface area contributed by atoms with Crippen molar-refractivity contribution >= 4 is 17.6 Å². The van der Waals surface area contributed by atoms with Crippen LogP contribution in [-0.4, -0.2) is 33.7 Å². The first-order valence-electron chi connectivity index (χ1n) is 6.04. The van der Waals surface area contributed by atoms with Gasteiger partial charge in [0.15, 0.2) is 0 Å². The van der Waals surface area contributed by atoms with E-state index < -0.39 is 5.97 Å². The van der Waals surface area contributed by atoms with Crippen molar-refractivity contribution in [1.29, 1.82) is 0 Å². The van der Waals surface area contributed by atoms with E-state index in [1.807, 2.05) is 6.07 Å². The standard InChI is InChI=1S/C14H13N3O3/c18-13(19)7-9-17(12-4-2-1-3-5-12)14(20)11-6-8-15-16-10-11/h1-6,8,10H,7,9H2,(H,18,19). The Bertz CT molecular complexity index is 587. The smallest absolute Gasteiger partial charge is 0.305 e. The van der Waals surface area contributed by atoms with Gasteiger partial charge in [0.2, 0.25) is 0 Å². The molecule has 0 saturated carbocycles. The number of carboxylic acid groups (broad SMARTS) is 1. The van der Waals surface area contributed by atoms with Crippen molar-refractivity contribution in [2.75, 3.05) is 11.4 Å². The SMILES string of the molecule is O=C(O)CCN(C(=O)c1ccnnc1)c1ccccc1. The maximum Gasteiger partial charge on any atom is 0.305 e. The third kappa shape index (κ3) is 3.38. The average molecular weight is 271 g/mol. The quantitative estimate of drug-likeness (QED) is 0.893. The van der Waals surface area contributed by atoms with Crippen LogP contribution in [0, 0.1) is 0 Å². The minimum Gasteiger partial charge on any atom is -0.481 e. The molecule has 0 fully saturated rings. The van der Waals surface area contributed by atoms with Gasteiger partial charge in [0.05, 0.1) is 24.4 Å². The summed E-state index contributed by atoms with van der Waals surface area (Å²) in [5, 5.41) is 16.1. The average Bonchev–Trinajstić information content (AvgIpc) is 2.49. The monoisotopic (exact) mass is 271 g/mol. The molecule has 0 bridgehead atoms. The predicted molar refractivity (Wildman–Crippen MR) is 72.4 cm³/mol. The number of hydrogen-bond donors (Lipinski definition) is 1. The number of aliphatic carboxylic acids is 1. The van der Waals surface area contributed by atoms with E-state index in [9.17, 15) is 9.59 Å². The molecule has 1 aromatic carbocycles. The van der Waals surface area contributed by atoms with Crippen molar-refractivity contribution in [3.8, 4) is 0 Å². The third-order valence-electron chi connectivity index (χ3n) is 2.69. The molecule has 6 heteroatoms. The van der Waals surface area contributed by atoms with E-state index in [-0.39, 0.29) is 18.9 Å². The van der Waals surface area contributed by atoms with Gasteiger partial charge in [0.1, 0.15) is 0 Å². The van der Waals surface area contributed by atoms with E-state index in [2.05, 4.69) is 10.2 Å². The molecule has 0 atom stereocenters. The Morgan fingerprint density at radius 1 is 1.10 bits per heavy atom. The molecule has 0 aliphatic heterocycles. The minimum absolute atomic E-state index is 0.0977. The van der Waals surface area contributed by atoms with Crippen LogP contribution in [0.15, 0.2) is 48.8 Å². The first-order chi connectivity index (χ1) is 9.68. The lowest BCUT2D eigenvalue weighted by atomic mass is 10.2. The van der Waals surface area contributed by atoms with E-state index >= 15 is 0 Å². The van der Waals surface area contributed by atoms with Crippen molar-refractivity contribution in [1.82, 2.24) is 10.2 Å². The fourth-order valence-corrected chi connectivity index (χ4v) is 1.74. The van der Waals surface area contributed by atoms with Crippen LogP contribution >= 0.6 is 0 Å². The van der Waals surface area contributed by atoms with Gasteiger partial charge >= 0.3 is 5.97 Å². The summed E-state index contributed by atoms with van der Waals surface area (Å²) < 4.78 is 0. The Balaban J connectivity index is 2.27. The van der Waals surface area contributed by atoms with Gasteiger partial charge in [0, 0.05) is 12.2 Å². The number of rotatable bonds is 5. The Morgan fingerprint density at radius 2 is 1.85 bits per heavy atom. The summed E-state index contributed by atoms with van der Waals surface area (Å²) >= 11 is 0. The molecule has 2 rings (SSSR count). The van der Waals surface area contributed by atoms with Crippen LogP contribution in [0.1, 0.15) is 16.8 Å². The largest absolute Gasteiger partial charge is 0.481 e. The first kappa shape index (κ1) is 13.7. The Labute approximate surface area is 115 Å². The van der Waals surface area contributed by atoms with E-state index in [1.54, 1.807) is 30.3 Å². The number of carbonyl (C=O) groups excluding carboxylic acids is 1. The molecule has 20 heavy (non-hydrogen) atoms. The lowest BCUT2D eigenvalue weighted by Crippen LogP contribution is -2.33. The Morgan fingerprint density at radius 3 is 2.45 bits per heavy atom. The second-order valence-corrected chi connectivity index (χ2v) is 4.07. The van der Waals surface area contributed by atoms with Crippen LogP contribution in [0.3, 0.4) is 0 Å². The summed E-state index contributed by atoms with van der Waals surface area (Å²) in [6, 6.07) is 10.5. The molecular weight excluding hydrogens is 258 g/mol. The summed E-state index contributed by atoms with van der Waals surface area (Å²) in [7, 11) is 0. The topological polar surface area (TPSA) is 83.4 Å². The van der Waals surface area contributed by atoms with E-state index in [1.165, 1.54) is 17.3 Å². The Hall–Kier alpha value is -2.76. The van der Waals surface area contributed by atoms with Crippen LogP contribution in [0.5, 0.6) is 0 Å². The van der Waals surface area contributed by atoms with Gasteiger partial charge in [-0.15, -0.1) is 0 Å². The number of hydrogen-bond acceptors (Lipinski definition) is 4. The van der Waals surface area contributed by atoms with Gasteiger partial charge in [-0.05, 0) is 18.2 Å². The second kappa shape index (κ2) is 6.42. The van der Waals surface area contributed by atoms with Crippen LogP contribution in [0.2, 0.25) is 0 Å². The molecule has 102 valence electrons. The zero-order chi connectivity index (χ0) is 14.4. The fourth-order valence-electron chi connectivity index (χ4n) is 1.74. The molecular formula is C14H13N3O3. The number of benzene rings is 1. The lowest BCUT2D eigenvalue weighted by molar-refractivity contribution is -0.136. The van der Waals surface area contributed by atoms with Crippen molar-refractivity contribution in [3.05, 3.63) is 54.4 Å². The molecule has 0 aliphatic rings. The predicted octanol–water partition coefficient (Wildman–Crippen LogP) is 1.60. The highest BCUT2D eigenvalue weighted by molar-refractivity contribution is 6.06. The molecule has 0 spiro atoms. The van der Waals surface area contributed by atoms with Crippen molar-refractivity contribution < 1.29 is 14.7 Å². The maximum atomic E-state index is 12.4. The zero-order valence-corrected chi connectivity index (χ0v) is 10.6. The summed E-state index contributed by atoms with van der Waals surface area (Å²) in [5.74, 6) is -1.25. The molecule has 1 aromatic heterocycles. The second-order valence-electron chi connectivity index (χ2n) is 4.07. The summed E-state index contributed by atoms with van der Waals surface area (Å²) in [6.07, 6.45) is 2.66. The Kier molecular flexibility index (Phi) is 4.39.